The first-order chi connectivity index (χ1) is 14.7. The number of pyridine rings is 2. The average Bonchev–Trinajstić information content (AvgIpc) is 3.12. The Bertz CT molecular complexity index is 1070. The highest BCUT2D eigenvalue weighted by Crippen LogP contribution is 2.21. The minimum absolute atomic E-state index is 0.106. The molecule has 166 valence electrons. The molecule has 3 aromatic rings. The van der Waals surface area contributed by atoms with Crippen LogP contribution in [-0.2, 0) is 6.54 Å². The second-order valence-electron chi connectivity index (χ2n) is 7.29. The molecular formula is C20H23F2N5O4. The first kappa shape index (κ1) is 22.5. The number of fused-ring (bicyclic) bond motifs is 1. The van der Waals surface area contributed by atoms with E-state index >= 15 is 0 Å². The van der Waals surface area contributed by atoms with E-state index in [0.29, 0.717) is 23.0 Å². The highest BCUT2D eigenvalue weighted by Gasteiger charge is 2.23. The third kappa shape index (κ3) is 5.92. The lowest BCUT2D eigenvalue weighted by Gasteiger charge is -2.13. The third-order valence-electron chi connectivity index (χ3n) is 4.30. The summed E-state index contributed by atoms with van der Waals surface area (Å²) in [6.45, 7) is 1.50. The van der Waals surface area contributed by atoms with Gasteiger partial charge in [0, 0.05) is 37.6 Å². The number of hydrogen-bond acceptors (Lipinski definition) is 7. The molecule has 3 heterocycles. The maximum Gasteiger partial charge on any atom is 0.278 e. The maximum absolute atomic E-state index is 13.0. The Morgan fingerprint density at radius 2 is 2.16 bits per heavy atom. The number of alkyl halides is 2. The Hall–Kier alpha value is -3.18. The van der Waals surface area contributed by atoms with Crippen molar-refractivity contribution in [3.8, 4) is 5.88 Å². The Morgan fingerprint density at radius 1 is 1.39 bits per heavy atom. The highest BCUT2D eigenvalue weighted by molar-refractivity contribution is 6.04. The van der Waals surface area contributed by atoms with Crippen LogP contribution in [-0.4, -0.2) is 67.7 Å². The van der Waals surface area contributed by atoms with Crippen molar-refractivity contribution in [2.45, 2.75) is 32.4 Å². The monoisotopic (exact) mass is 435 g/mol. The summed E-state index contributed by atoms with van der Waals surface area (Å²) in [5.41, 5.74) is 2.08. The fraction of sp³-hybridized carbons (Fsp3) is 0.400. The van der Waals surface area contributed by atoms with Gasteiger partial charge in [0.2, 0.25) is 5.88 Å². The number of nitrogens with zero attached hydrogens (tertiary/aromatic N) is 4. The number of ether oxygens (including phenoxy) is 1. The Morgan fingerprint density at radius 3 is 2.84 bits per heavy atom. The smallest absolute Gasteiger partial charge is 0.278 e. The first-order valence-corrected chi connectivity index (χ1v) is 9.51. The summed E-state index contributed by atoms with van der Waals surface area (Å²) < 4.78 is 32.7. The summed E-state index contributed by atoms with van der Waals surface area (Å²) >= 11 is 0. The molecule has 0 radical (unpaired) electrons. The molecule has 31 heavy (non-hydrogen) atoms. The fourth-order valence-electron chi connectivity index (χ4n) is 2.85. The van der Waals surface area contributed by atoms with Crippen LogP contribution in [0.1, 0.15) is 28.5 Å². The lowest BCUT2D eigenvalue weighted by molar-refractivity contribution is -0.0244. The standard InChI is InChI=1S/C20H23F2N5O4/c1-12-5-13(6-25-19(12)31-11-20(2,21)22)8-27-9-15-16(26-27)3-4-23-17(15)18(30)24-7-14(29)10-28/h3-6,9,14,28-29H,7-8,10-11H2,1-2H3,(H,24,30)/t14-/m0/s1. The van der Waals surface area contributed by atoms with Crippen LogP contribution in [0.15, 0.2) is 30.7 Å². The zero-order chi connectivity index (χ0) is 22.6. The Balaban J connectivity index is 1.75. The van der Waals surface area contributed by atoms with Crippen molar-refractivity contribution in [2.75, 3.05) is 19.8 Å². The highest BCUT2D eigenvalue weighted by atomic mass is 19.3. The van der Waals surface area contributed by atoms with Crippen LogP contribution in [0.5, 0.6) is 5.88 Å². The Kier molecular flexibility index (Phi) is 6.76. The molecule has 0 spiro atoms. The number of hydrogen-bond donors (Lipinski definition) is 3. The molecule has 0 aliphatic carbocycles. The van der Waals surface area contributed by atoms with Crippen molar-refractivity contribution in [3.63, 3.8) is 0 Å². The maximum atomic E-state index is 13.0. The minimum Gasteiger partial charge on any atom is -0.471 e. The molecule has 0 aromatic carbocycles. The molecule has 0 bridgehead atoms. The summed E-state index contributed by atoms with van der Waals surface area (Å²) in [5.74, 6) is -3.30. The number of aliphatic hydroxyl groups excluding tert-OH is 2. The van der Waals surface area contributed by atoms with Crippen molar-refractivity contribution in [2.24, 2.45) is 0 Å². The van der Waals surface area contributed by atoms with Crippen LogP contribution in [0.2, 0.25) is 0 Å². The summed E-state index contributed by atoms with van der Waals surface area (Å²) in [4.78, 5) is 20.6. The molecule has 9 nitrogen and oxygen atoms in total. The van der Waals surface area contributed by atoms with Gasteiger partial charge < -0.3 is 20.3 Å². The number of halogens is 2. The van der Waals surface area contributed by atoms with E-state index in [-0.39, 0.29) is 18.1 Å². The van der Waals surface area contributed by atoms with Crippen LogP contribution in [0, 0.1) is 6.92 Å². The van der Waals surface area contributed by atoms with Crippen molar-refractivity contribution < 1.29 is 28.5 Å². The van der Waals surface area contributed by atoms with Crippen molar-refractivity contribution in [3.05, 3.63) is 47.5 Å². The lowest BCUT2D eigenvalue weighted by atomic mass is 10.2. The van der Waals surface area contributed by atoms with Crippen LogP contribution in [0.3, 0.4) is 0 Å². The molecule has 0 fully saturated rings. The number of amides is 1. The van der Waals surface area contributed by atoms with Gasteiger partial charge in [-0.3, -0.25) is 14.5 Å². The predicted octanol–water partition coefficient (Wildman–Crippen LogP) is 1.30. The van der Waals surface area contributed by atoms with Crippen LogP contribution < -0.4 is 10.1 Å². The predicted molar refractivity (Wildman–Crippen MR) is 107 cm³/mol. The van der Waals surface area contributed by atoms with E-state index in [4.69, 9.17) is 9.84 Å². The summed E-state index contributed by atoms with van der Waals surface area (Å²) in [5, 5.41) is 25.7. The van der Waals surface area contributed by atoms with E-state index in [1.165, 1.54) is 12.4 Å². The number of carbonyl (C=O) groups is 1. The van der Waals surface area contributed by atoms with E-state index in [0.717, 1.165) is 12.5 Å². The van der Waals surface area contributed by atoms with E-state index in [2.05, 4.69) is 20.4 Å². The molecule has 0 unspecified atom stereocenters. The van der Waals surface area contributed by atoms with Gasteiger partial charge in [-0.1, -0.05) is 0 Å². The fourth-order valence-corrected chi connectivity index (χ4v) is 2.85. The molecule has 11 heteroatoms. The van der Waals surface area contributed by atoms with E-state index in [1.807, 2.05) is 0 Å². The van der Waals surface area contributed by atoms with Gasteiger partial charge in [0.05, 0.1) is 30.2 Å². The number of rotatable bonds is 9. The van der Waals surface area contributed by atoms with Crippen LogP contribution in [0.4, 0.5) is 8.78 Å². The van der Waals surface area contributed by atoms with Gasteiger partial charge in [0.25, 0.3) is 11.8 Å². The largest absolute Gasteiger partial charge is 0.471 e. The number of aryl methyl sites for hydroxylation is 1. The molecule has 3 aromatic heterocycles. The van der Waals surface area contributed by atoms with Crippen molar-refractivity contribution >= 4 is 16.8 Å². The van der Waals surface area contributed by atoms with E-state index < -0.39 is 31.1 Å². The molecule has 1 amide bonds. The quantitative estimate of drug-likeness (QED) is 0.463. The van der Waals surface area contributed by atoms with E-state index in [9.17, 15) is 18.7 Å². The molecule has 0 aliphatic rings. The van der Waals surface area contributed by atoms with Crippen LogP contribution >= 0.6 is 0 Å². The molecular weight excluding hydrogens is 412 g/mol. The second kappa shape index (κ2) is 9.31. The zero-order valence-electron chi connectivity index (χ0n) is 17.0. The molecule has 0 saturated carbocycles. The Labute approximate surface area is 176 Å². The van der Waals surface area contributed by atoms with Gasteiger partial charge in [-0.25, -0.2) is 13.8 Å². The molecule has 1 atom stereocenters. The normalized spacial score (nSPS) is 12.7. The van der Waals surface area contributed by atoms with Gasteiger partial charge in [-0.2, -0.15) is 5.10 Å². The van der Waals surface area contributed by atoms with Gasteiger partial charge in [0.15, 0.2) is 6.61 Å². The van der Waals surface area contributed by atoms with Gasteiger partial charge >= 0.3 is 0 Å². The van der Waals surface area contributed by atoms with E-state index in [1.54, 1.807) is 29.9 Å². The SMILES string of the molecule is Cc1cc(Cn2cc3c(C(=O)NC[C@H](O)CO)nccc3n2)cnc1OCC(C)(F)F. The summed E-state index contributed by atoms with van der Waals surface area (Å²) in [7, 11) is 0. The summed E-state index contributed by atoms with van der Waals surface area (Å²) in [6.07, 6.45) is 3.58. The second-order valence-corrected chi connectivity index (χ2v) is 7.29. The number of aliphatic hydroxyl groups is 2. The van der Waals surface area contributed by atoms with Gasteiger partial charge in [0.1, 0.15) is 5.69 Å². The third-order valence-corrected chi connectivity index (χ3v) is 4.30. The van der Waals surface area contributed by atoms with Gasteiger partial charge in [-0.05, 0) is 24.6 Å². The summed E-state index contributed by atoms with van der Waals surface area (Å²) in [6, 6.07) is 3.43. The molecule has 3 N–H and O–H groups in total. The number of aromatic nitrogens is 4. The first-order valence-electron chi connectivity index (χ1n) is 9.51. The number of carbonyl (C=O) groups excluding carboxylic acids is 1. The molecule has 0 saturated heterocycles. The lowest BCUT2D eigenvalue weighted by Crippen LogP contribution is -2.34. The average molecular weight is 435 g/mol. The molecule has 0 aliphatic heterocycles. The van der Waals surface area contributed by atoms with Crippen molar-refractivity contribution in [1.82, 2.24) is 25.1 Å². The zero-order valence-corrected chi connectivity index (χ0v) is 17.0. The van der Waals surface area contributed by atoms with Crippen molar-refractivity contribution in [1.29, 1.82) is 0 Å². The molecule has 3 rings (SSSR count). The topological polar surface area (TPSA) is 122 Å². The van der Waals surface area contributed by atoms with Gasteiger partial charge in [-0.15, -0.1) is 0 Å². The van der Waals surface area contributed by atoms with Crippen LogP contribution in [0.25, 0.3) is 10.9 Å². The minimum atomic E-state index is -2.95. The number of nitrogens with one attached hydrogen (secondary N) is 1.